The Kier molecular flexibility index (Phi) is 4.19. The monoisotopic (exact) mass is 252 g/mol. The molecule has 1 atom stereocenters. The molecule has 18 heavy (non-hydrogen) atoms. The first-order valence-corrected chi connectivity index (χ1v) is 6.35. The van der Waals surface area contributed by atoms with Gasteiger partial charge in [0, 0.05) is 32.9 Å². The average Bonchev–Trinajstić information content (AvgIpc) is 2.75. The van der Waals surface area contributed by atoms with E-state index in [0.29, 0.717) is 13.2 Å². The molecule has 1 N–H and O–H groups in total. The van der Waals surface area contributed by atoms with E-state index in [1.165, 1.54) is 0 Å². The van der Waals surface area contributed by atoms with Crippen molar-refractivity contribution in [3.8, 4) is 0 Å². The topological polar surface area (TPSA) is 59.4 Å². The highest BCUT2D eigenvalue weighted by Crippen LogP contribution is 2.14. The number of hydrogen-bond acceptors (Lipinski definition) is 3. The Balaban J connectivity index is 1.88. The molecule has 2 heterocycles. The average molecular weight is 252 g/mol. The van der Waals surface area contributed by atoms with Gasteiger partial charge in [0.05, 0.1) is 18.0 Å². The van der Waals surface area contributed by atoms with Crippen LogP contribution in [0.25, 0.3) is 0 Å². The van der Waals surface area contributed by atoms with Crippen LogP contribution in [0, 0.1) is 0 Å². The molecule has 0 saturated carbocycles. The number of amides is 2. The van der Waals surface area contributed by atoms with Crippen LogP contribution in [0.2, 0.25) is 0 Å². The number of ether oxygens (including phenoxy) is 1. The quantitative estimate of drug-likeness (QED) is 0.885. The smallest absolute Gasteiger partial charge is 0.322 e. The summed E-state index contributed by atoms with van der Waals surface area (Å²) in [5.74, 6) is 0. The molecule has 2 amide bonds. The van der Waals surface area contributed by atoms with Crippen LogP contribution in [0.15, 0.2) is 12.4 Å². The molecule has 2 rings (SSSR count). The fraction of sp³-hybridized carbons (Fsp3) is 0.667. The highest BCUT2D eigenvalue weighted by Gasteiger charge is 2.23. The van der Waals surface area contributed by atoms with E-state index in [1.54, 1.807) is 22.0 Å². The molecular formula is C12H20N4O2. The van der Waals surface area contributed by atoms with E-state index in [9.17, 15) is 4.79 Å². The van der Waals surface area contributed by atoms with Crippen LogP contribution in [-0.4, -0.2) is 46.5 Å². The van der Waals surface area contributed by atoms with E-state index < -0.39 is 0 Å². The zero-order valence-electron chi connectivity index (χ0n) is 10.9. The van der Waals surface area contributed by atoms with Crippen molar-refractivity contribution in [3.63, 3.8) is 0 Å². The fourth-order valence-electron chi connectivity index (χ4n) is 2.18. The first-order valence-electron chi connectivity index (χ1n) is 6.35. The third kappa shape index (κ3) is 3.22. The molecule has 1 aromatic rings. The van der Waals surface area contributed by atoms with Crippen molar-refractivity contribution in [1.82, 2.24) is 14.7 Å². The number of carbonyl (C=O) groups is 1. The molecule has 6 nitrogen and oxygen atoms in total. The summed E-state index contributed by atoms with van der Waals surface area (Å²) in [6.07, 6.45) is 5.61. The van der Waals surface area contributed by atoms with Crippen LogP contribution < -0.4 is 5.32 Å². The molecular weight excluding hydrogens is 232 g/mol. The number of urea groups is 1. The molecule has 100 valence electrons. The van der Waals surface area contributed by atoms with Gasteiger partial charge in [0.1, 0.15) is 0 Å². The van der Waals surface area contributed by atoms with Gasteiger partial charge in [-0.1, -0.05) is 0 Å². The molecule has 0 bridgehead atoms. The van der Waals surface area contributed by atoms with Crippen LogP contribution in [0.5, 0.6) is 0 Å². The standard InChI is InChI=1S/C12H20N4O2/c1-3-18-11-5-4-6-16(9-11)12(17)14-10-7-13-15(2)8-10/h7-8,11H,3-6,9H2,1-2H3,(H,14,17). The summed E-state index contributed by atoms with van der Waals surface area (Å²) in [5, 5.41) is 6.86. The van der Waals surface area contributed by atoms with Gasteiger partial charge in [0.2, 0.25) is 0 Å². The summed E-state index contributed by atoms with van der Waals surface area (Å²) in [6, 6.07) is -0.0765. The minimum atomic E-state index is -0.0765. The molecule has 0 aromatic carbocycles. The first kappa shape index (κ1) is 12.9. The zero-order chi connectivity index (χ0) is 13.0. The molecule has 1 fully saturated rings. The van der Waals surface area contributed by atoms with Gasteiger partial charge in [0.15, 0.2) is 0 Å². The number of anilines is 1. The number of aromatic nitrogens is 2. The predicted molar refractivity (Wildman–Crippen MR) is 68.4 cm³/mol. The number of rotatable bonds is 3. The Morgan fingerprint density at radius 3 is 3.17 bits per heavy atom. The summed E-state index contributed by atoms with van der Waals surface area (Å²) in [7, 11) is 1.82. The second-order valence-electron chi connectivity index (χ2n) is 4.50. The van der Waals surface area contributed by atoms with Crippen LogP contribution >= 0.6 is 0 Å². The van der Waals surface area contributed by atoms with Gasteiger partial charge in [-0.3, -0.25) is 4.68 Å². The lowest BCUT2D eigenvalue weighted by Gasteiger charge is -2.32. The molecule has 0 radical (unpaired) electrons. The highest BCUT2D eigenvalue weighted by atomic mass is 16.5. The van der Waals surface area contributed by atoms with Gasteiger partial charge in [-0.15, -0.1) is 0 Å². The van der Waals surface area contributed by atoms with Gasteiger partial charge in [-0.25, -0.2) is 4.79 Å². The maximum Gasteiger partial charge on any atom is 0.322 e. The molecule has 1 saturated heterocycles. The van der Waals surface area contributed by atoms with Crippen molar-refractivity contribution in [2.24, 2.45) is 7.05 Å². The maximum absolute atomic E-state index is 12.0. The number of hydrogen-bond donors (Lipinski definition) is 1. The number of piperidine rings is 1. The molecule has 0 spiro atoms. The Morgan fingerprint density at radius 2 is 2.50 bits per heavy atom. The summed E-state index contributed by atoms with van der Waals surface area (Å²) in [4.78, 5) is 13.9. The normalized spacial score (nSPS) is 19.9. The lowest BCUT2D eigenvalue weighted by Crippen LogP contribution is -2.45. The van der Waals surface area contributed by atoms with Crippen molar-refractivity contribution < 1.29 is 9.53 Å². The number of nitrogens with zero attached hydrogens (tertiary/aromatic N) is 3. The zero-order valence-corrected chi connectivity index (χ0v) is 10.9. The summed E-state index contributed by atoms with van der Waals surface area (Å²) >= 11 is 0. The number of aryl methyl sites for hydroxylation is 1. The Hall–Kier alpha value is -1.56. The van der Waals surface area contributed by atoms with Crippen LogP contribution in [0.3, 0.4) is 0 Å². The van der Waals surface area contributed by atoms with Gasteiger partial charge >= 0.3 is 6.03 Å². The van der Waals surface area contributed by atoms with Crippen molar-refractivity contribution in [3.05, 3.63) is 12.4 Å². The molecule has 1 aliphatic rings. The number of nitrogens with one attached hydrogen (secondary N) is 1. The lowest BCUT2D eigenvalue weighted by molar-refractivity contribution is 0.0181. The molecule has 1 aromatic heterocycles. The fourth-order valence-corrected chi connectivity index (χ4v) is 2.18. The van der Waals surface area contributed by atoms with Gasteiger partial charge in [-0.2, -0.15) is 5.10 Å². The van der Waals surface area contributed by atoms with E-state index >= 15 is 0 Å². The highest BCUT2D eigenvalue weighted by molar-refractivity contribution is 5.89. The minimum absolute atomic E-state index is 0.0765. The summed E-state index contributed by atoms with van der Waals surface area (Å²) in [6.45, 7) is 4.13. The van der Waals surface area contributed by atoms with Crippen LogP contribution in [-0.2, 0) is 11.8 Å². The molecule has 1 aliphatic heterocycles. The second-order valence-corrected chi connectivity index (χ2v) is 4.50. The first-order chi connectivity index (χ1) is 8.69. The lowest BCUT2D eigenvalue weighted by atomic mass is 10.1. The van der Waals surface area contributed by atoms with E-state index in [1.807, 2.05) is 14.0 Å². The van der Waals surface area contributed by atoms with Crippen LogP contribution in [0.4, 0.5) is 10.5 Å². The van der Waals surface area contributed by atoms with Crippen molar-refractivity contribution in [2.45, 2.75) is 25.9 Å². The van der Waals surface area contributed by atoms with E-state index in [0.717, 1.165) is 25.1 Å². The molecule has 1 unspecified atom stereocenters. The number of carbonyl (C=O) groups excluding carboxylic acids is 1. The predicted octanol–water partition coefficient (Wildman–Crippen LogP) is 1.45. The molecule has 6 heteroatoms. The number of likely N-dealkylation sites (tertiary alicyclic amines) is 1. The Labute approximate surface area is 107 Å². The minimum Gasteiger partial charge on any atom is -0.377 e. The largest absolute Gasteiger partial charge is 0.377 e. The third-order valence-electron chi connectivity index (χ3n) is 3.02. The maximum atomic E-state index is 12.0. The van der Waals surface area contributed by atoms with Crippen LogP contribution in [0.1, 0.15) is 19.8 Å². The van der Waals surface area contributed by atoms with Gasteiger partial charge in [0.25, 0.3) is 0 Å². The second kappa shape index (κ2) is 5.86. The summed E-state index contributed by atoms with van der Waals surface area (Å²) in [5.41, 5.74) is 0.723. The van der Waals surface area contributed by atoms with Crippen molar-refractivity contribution in [2.75, 3.05) is 25.0 Å². The SMILES string of the molecule is CCOC1CCCN(C(=O)Nc2cnn(C)c2)C1. The van der Waals surface area contributed by atoms with E-state index in [4.69, 9.17) is 4.74 Å². The van der Waals surface area contributed by atoms with Crippen molar-refractivity contribution >= 4 is 11.7 Å². The van der Waals surface area contributed by atoms with Gasteiger partial charge in [-0.05, 0) is 19.8 Å². The summed E-state index contributed by atoms with van der Waals surface area (Å²) < 4.78 is 7.24. The van der Waals surface area contributed by atoms with Gasteiger partial charge < -0.3 is 15.0 Å². The van der Waals surface area contributed by atoms with E-state index in [2.05, 4.69) is 10.4 Å². The Bertz CT molecular complexity index is 403. The molecule has 0 aliphatic carbocycles. The Morgan fingerprint density at radius 1 is 1.67 bits per heavy atom. The third-order valence-corrected chi connectivity index (χ3v) is 3.02. The van der Waals surface area contributed by atoms with E-state index in [-0.39, 0.29) is 12.1 Å². The van der Waals surface area contributed by atoms with Crippen molar-refractivity contribution in [1.29, 1.82) is 0 Å².